The number of hydrogen-bond donors (Lipinski definition) is 2. The molecule has 1 aliphatic rings. The van der Waals surface area contributed by atoms with Gasteiger partial charge in [-0.3, -0.25) is 0 Å². The Morgan fingerprint density at radius 2 is 2.20 bits per heavy atom. The maximum atomic E-state index is 11.1. The summed E-state index contributed by atoms with van der Waals surface area (Å²) in [5.41, 5.74) is 6.29. The molecular formula is C8H8BrN3O2S. The molecule has 0 aromatic heterocycles. The van der Waals surface area contributed by atoms with Gasteiger partial charge >= 0.3 is 10.2 Å². The van der Waals surface area contributed by atoms with Crippen LogP contribution in [0, 0.1) is 0 Å². The molecule has 0 aliphatic carbocycles. The van der Waals surface area contributed by atoms with Gasteiger partial charge in [-0.15, -0.1) is 4.40 Å². The van der Waals surface area contributed by atoms with Crippen LogP contribution in [-0.2, 0) is 10.2 Å². The van der Waals surface area contributed by atoms with Crippen LogP contribution in [0.3, 0.4) is 0 Å². The third kappa shape index (κ3) is 2.19. The van der Waals surface area contributed by atoms with E-state index >= 15 is 0 Å². The minimum absolute atomic E-state index is 0.0631. The molecule has 15 heavy (non-hydrogen) atoms. The number of nitrogens with zero attached hydrogens (tertiary/aromatic N) is 1. The van der Waals surface area contributed by atoms with E-state index in [1.165, 1.54) is 0 Å². The van der Waals surface area contributed by atoms with Crippen molar-refractivity contribution >= 4 is 32.0 Å². The van der Waals surface area contributed by atoms with Crippen LogP contribution >= 0.6 is 15.9 Å². The van der Waals surface area contributed by atoms with Crippen LogP contribution in [-0.4, -0.2) is 14.3 Å². The number of halogens is 1. The molecule has 1 aromatic carbocycles. The summed E-state index contributed by atoms with van der Waals surface area (Å²) in [6.07, 6.45) is 0. The van der Waals surface area contributed by atoms with E-state index in [0.29, 0.717) is 0 Å². The summed E-state index contributed by atoms with van der Waals surface area (Å²) in [6.45, 7) is 0. The van der Waals surface area contributed by atoms with Crippen molar-refractivity contribution in [3.63, 3.8) is 0 Å². The SMILES string of the molecule is NC1=NS(=O)(=O)NC1c1cccc(Br)c1. The van der Waals surface area contributed by atoms with Crippen LogP contribution in [0.1, 0.15) is 11.6 Å². The first kappa shape index (κ1) is 10.6. The van der Waals surface area contributed by atoms with Crippen molar-refractivity contribution in [2.45, 2.75) is 6.04 Å². The summed E-state index contributed by atoms with van der Waals surface area (Å²) in [7, 11) is -3.61. The van der Waals surface area contributed by atoms with Crippen LogP contribution in [0.2, 0.25) is 0 Å². The molecule has 80 valence electrons. The second kappa shape index (κ2) is 3.58. The van der Waals surface area contributed by atoms with Crippen molar-refractivity contribution in [2.75, 3.05) is 0 Å². The van der Waals surface area contributed by atoms with Gasteiger partial charge in [0.25, 0.3) is 0 Å². The molecule has 0 fully saturated rings. The number of benzene rings is 1. The van der Waals surface area contributed by atoms with E-state index in [-0.39, 0.29) is 5.84 Å². The van der Waals surface area contributed by atoms with Crippen molar-refractivity contribution < 1.29 is 8.42 Å². The van der Waals surface area contributed by atoms with Gasteiger partial charge in [-0.05, 0) is 17.7 Å². The third-order valence-corrected chi connectivity index (χ3v) is 3.45. The highest BCUT2D eigenvalue weighted by molar-refractivity contribution is 9.10. The van der Waals surface area contributed by atoms with Gasteiger partial charge < -0.3 is 5.73 Å². The average molecular weight is 290 g/mol. The molecule has 3 N–H and O–H groups in total. The van der Waals surface area contributed by atoms with Crippen molar-refractivity contribution in [3.05, 3.63) is 34.3 Å². The first-order valence-corrected chi connectivity index (χ1v) is 6.34. The van der Waals surface area contributed by atoms with Crippen molar-refractivity contribution in [3.8, 4) is 0 Å². The topological polar surface area (TPSA) is 84.5 Å². The molecule has 1 heterocycles. The molecule has 1 unspecified atom stereocenters. The van der Waals surface area contributed by atoms with E-state index in [1.54, 1.807) is 18.2 Å². The van der Waals surface area contributed by atoms with Gasteiger partial charge in [-0.25, -0.2) is 0 Å². The minimum Gasteiger partial charge on any atom is -0.385 e. The first-order chi connectivity index (χ1) is 6.98. The fourth-order valence-electron chi connectivity index (χ4n) is 1.35. The van der Waals surface area contributed by atoms with Crippen LogP contribution in [0.5, 0.6) is 0 Å². The summed E-state index contributed by atoms with van der Waals surface area (Å²) in [6, 6.07) is 6.67. The maximum Gasteiger partial charge on any atom is 0.322 e. The fourth-order valence-corrected chi connectivity index (χ4v) is 2.76. The standard InChI is InChI=1S/C8H8BrN3O2S/c9-6-3-1-2-5(4-6)7-8(10)12-15(13,14)11-7/h1-4,7,11H,(H2,10,12). The van der Waals surface area contributed by atoms with Gasteiger partial charge in [0, 0.05) is 4.47 Å². The zero-order valence-corrected chi connectivity index (χ0v) is 9.92. The lowest BCUT2D eigenvalue weighted by molar-refractivity contribution is 0.585. The van der Waals surface area contributed by atoms with Crippen molar-refractivity contribution in [1.82, 2.24) is 4.72 Å². The molecule has 0 saturated carbocycles. The Morgan fingerprint density at radius 3 is 2.73 bits per heavy atom. The third-order valence-electron chi connectivity index (χ3n) is 1.97. The summed E-state index contributed by atoms with van der Waals surface area (Å²) in [5, 5.41) is 0. The van der Waals surface area contributed by atoms with Crippen LogP contribution in [0.4, 0.5) is 0 Å². The van der Waals surface area contributed by atoms with Gasteiger partial charge in [0.05, 0.1) is 0 Å². The second-order valence-electron chi connectivity index (χ2n) is 3.10. The molecule has 0 spiro atoms. The Balaban J connectivity index is 2.40. The molecule has 0 saturated heterocycles. The number of nitrogens with one attached hydrogen (secondary N) is 1. The van der Waals surface area contributed by atoms with E-state index in [9.17, 15) is 8.42 Å². The highest BCUT2D eigenvalue weighted by Gasteiger charge is 2.29. The molecule has 1 atom stereocenters. The largest absolute Gasteiger partial charge is 0.385 e. The van der Waals surface area contributed by atoms with E-state index in [4.69, 9.17) is 5.73 Å². The summed E-state index contributed by atoms with van der Waals surface area (Å²) in [5.74, 6) is 0.0631. The maximum absolute atomic E-state index is 11.1. The highest BCUT2D eigenvalue weighted by Crippen LogP contribution is 2.22. The first-order valence-electron chi connectivity index (χ1n) is 4.11. The molecule has 7 heteroatoms. The number of rotatable bonds is 1. The minimum atomic E-state index is -3.61. The zero-order chi connectivity index (χ0) is 11.1. The summed E-state index contributed by atoms with van der Waals surface area (Å²) < 4.78 is 28.8. The van der Waals surface area contributed by atoms with Gasteiger partial charge in [-0.1, -0.05) is 28.1 Å². The van der Waals surface area contributed by atoms with Gasteiger partial charge in [0.15, 0.2) is 0 Å². The molecule has 0 bridgehead atoms. The fraction of sp³-hybridized carbons (Fsp3) is 0.125. The number of nitrogens with two attached hydrogens (primary N) is 1. The zero-order valence-electron chi connectivity index (χ0n) is 7.51. The molecule has 0 amide bonds. The van der Waals surface area contributed by atoms with Crippen LogP contribution < -0.4 is 10.5 Å². The Kier molecular flexibility index (Phi) is 2.53. The molecule has 1 aliphatic heterocycles. The highest BCUT2D eigenvalue weighted by atomic mass is 79.9. The van der Waals surface area contributed by atoms with Crippen molar-refractivity contribution in [1.29, 1.82) is 0 Å². The number of amidine groups is 1. The molecule has 5 nitrogen and oxygen atoms in total. The van der Waals surface area contributed by atoms with Gasteiger partial charge in [0.2, 0.25) is 0 Å². The van der Waals surface area contributed by atoms with E-state index in [0.717, 1.165) is 10.0 Å². The second-order valence-corrected chi connectivity index (χ2v) is 5.38. The normalized spacial score (nSPS) is 23.8. The smallest absolute Gasteiger partial charge is 0.322 e. The molecule has 2 rings (SSSR count). The monoisotopic (exact) mass is 289 g/mol. The summed E-state index contributed by atoms with van der Waals surface area (Å²) in [4.78, 5) is 0. The lowest BCUT2D eigenvalue weighted by atomic mass is 10.1. The average Bonchev–Trinajstić information content (AvgIpc) is 2.40. The Morgan fingerprint density at radius 1 is 1.47 bits per heavy atom. The van der Waals surface area contributed by atoms with Crippen LogP contribution in [0.25, 0.3) is 0 Å². The Hall–Kier alpha value is -0.920. The predicted octanol–water partition coefficient (Wildman–Crippen LogP) is 0.695. The lowest BCUT2D eigenvalue weighted by Crippen LogP contribution is -2.28. The predicted molar refractivity (Wildman–Crippen MR) is 60.6 cm³/mol. The van der Waals surface area contributed by atoms with Crippen LogP contribution in [0.15, 0.2) is 33.1 Å². The lowest BCUT2D eigenvalue weighted by Gasteiger charge is -2.09. The number of hydrogen-bond acceptors (Lipinski definition) is 3. The van der Waals surface area contributed by atoms with E-state index < -0.39 is 16.3 Å². The van der Waals surface area contributed by atoms with Crippen molar-refractivity contribution in [2.24, 2.45) is 10.1 Å². The van der Waals surface area contributed by atoms with E-state index in [2.05, 4.69) is 25.0 Å². The Labute approximate surface area is 95.7 Å². The molecule has 0 radical (unpaired) electrons. The summed E-state index contributed by atoms with van der Waals surface area (Å²) >= 11 is 3.30. The molecule has 1 aromatic rings. The Bertz CT molecular complexity index is 526. The van der Waals surface area contributed by atoms with E-state index in [1.807, 2.05) is 6.07 Å². The van der Waals surface area contributed by atoms with Gasteiger partial charge in [0.1, 0.15) is 11.9 Å². The molecular weight excluding hydrogens is 282 g/mol. The van der Waals surface area contributed by atoms with Gasteiger partial charge in [-0.2, -0.15) is 13.1 Å². The quantitative estimate of drug-likeness (QED) is 0.798.